The number of hydrogen-bond acceptors (Lipinski definition) is 2. The molecular weight excluding hydrogens is 220 g/mol. The van der Waals surface area contributed by atoms with Crippen molar-refractivity contribution in [3.8, 4) is 0 Å². The molecule has 0 aliphatic heterocycles. The summed E-state index contributed by atoms with van der Waals surface area (Å²) in [5, 5.41) is 0. The van der Waals surface area contributed by atoms with Crippen molar-refractivity contribution in [2.24, 2.45) is 17.6 Å². The predicted octanol–water partition coefficient (Wildman–Crippen LogP) is 3.40. The smallest absolute Gasteiger partial charge is 0.0316 e. The molecule has 1 aliphatic carbocycles. The first kappa shape index (κ1) is 13.0. The van der Waals surface area contributed by atoms with Gasteiger partial charge in [0.05, 0.1) is 0 Å². The Labute approximate surface area is 110 Å². The quantitative estimate of drug-likeness (QED) is 0.801. The first-order valence-corrected chi connectivity index (χ1v) is 6.87. The summed E-state index contributed by atoms with van der Waals surface area (Å²) in [6.45, 7) is 4.43. The van der Waals surface area contributed by atoms with Gasteiger partial charge in [0, 0.05) is 11.4 Å². The van der Waals surface area contributed by atoms with Gasteiger partial charge in [0.2, 0.25) is 0 Å². The van der Waals surface area contributed by atoms with E-state index in [2.05, 4.69) is 32.1 Å². The standard InChI is InChI=1S/C16H24N2/c1-11-9-15(17)7-5-13(11)3-4-14-6-8-16(18)10-12(14)2/h5,7,9-10,12,14H,3-4,6,8,17-18H2,1-2H3. The third-order valence-electron chi connectivity index (χ3n) is 4.18. The van der Waals surface area contributed by atoms with Crippen molar-refractivity contribution in [3.05, 3.63) is 41.1 Å². The molecular formula is C16H24N2. The summed E-state index contributed by atoms with van der Waals surface area (Å²) in [6, 6.07) is 6.24. The number of rotatable bonds is 3. The van der Waals surface area contributed by atoms with Crippen LogP contribution in [0.3, 0.4) is 0 Å². The molecule has 0 saturated carbocycles. The maximum absolute atomic E-state index is 5.88. The second-order valence-corrected chi connectivity index (χ2v) is 5.62. The minimum atomic E-state index is 0.618. The van der Waals surface area contributed by atoms with Crippen LogP contribution in [-0.2, 0) is 6.42 Å². The Morgan fingerprint density at radius 3 is 2.72 bits per heavy atom. The molecule has 0 saturated heterocycles. The largest absolute Gasteiger partial charge is 0.402 e. The molecule has 0 aromatic heterocycles. The van der Waals surface area contributed by atoms with Crippen molar-refractivity contribution in [1.82, 2.24) is 0 Å². The molecule has 18 heavy (non-hydrogen) atoms. The topological polar surface area (TPSA) is 52.0 Å². The highest BCUT2D eigenvalue weighted by Crippen LogP contribution is 2.30. The fourth-order valence-corrected chi connectivity index (χ4v) is 2.92. The Bertz CT molecular complexity index is 448. The van der Waals surface area contributed by atoms with Gasteiger partial charge in [-0.15, -0.1) is 0 Å². The van der Waals surface area contributed by atoms with E-state index in [4.69, 9.17) is 11.5 Å². The molecule has 0 radical (unpaired) electrons. The number of hydrogen-bond donors (Lipinski definition) is 2. The van der Waals surface area contributed by atoms with Gasteiger partial charge in [-0.05, 0) is 67.7 Å². The SMILES string of the molecule is Cc1cc(N)ccc1CCC1CCC(N)=CC1C. The van der Waals surface area contributed by atoms with Crippen LogP contribution in [0, 0.1) is 18.8 Å². The van der Waals surface area contributed by atoms with E-state index in [1.54, 1.807) is 0 Å². The third kappa shape index (κ3) is 3.06. The zero-order valence-corrected chi connectivity index (χ0v) is 11.4. The van der Waals surface area contributed by atoms with Crippen molar-refractivity contribution >= 4 is 5.69 Å². The van der Waals surface area contributed by atoms with Crippen LogP contribution in [0.5, 0.6) is 0 Å². The van der Waals surface area contributed by atoms with Gasteiger partial charge in [-0.25, -0.2) is 0 Å². The number of nitrogens with two attached hydrogens (primary N) is 2. The van der Waals surface area contributed by atoms with Crippen molar-refractivity contribution in [2.75, 3.05) is 5.73 Å². The van der Waals surface area contributed by atoms with Crippen molar-refractivity contribution in [3.63, 3.8) is 0 Å². The van der Waals surface area contributed by atoms with Crippen molar-refractivity contribution < 1.29 is 0 Å². The number of anilines is 1. The van der Waals surface area contributed by atoms with Crippen LogP contribution in [0.1, 0.15) is 37.3 Å². The second-order valence-electron chi connectivity index (χ2n) is 5.62. The van der Waals surface area contributed by atoms with E-state index in [1.165, 1.54) is 24.0 Å². The van der Waals surface area contributed by atoms with Gasteiger partial charge in [-0.1, -0.05) is 19.1 Å². The van der Waals surface area contributed by atoms with Gasteiger partial charge >= 0.3 is 0 Å². The van der Waals surface area contributed by atoms with Gasteiger partial charge in [-0.2, -0.15) is 0 Å². The number of benzene rings is 1. The first-order chi connectivity index (χ1) is 8.56. The fourth-order valence-electron chi connectivity index (χ4n) is 2.92. The van der Waals surface area contributed by atoms with Crippen LogP contribution in [0.15, 0.2) is 30.0 Å². The summed E-state index contributed by atoms with van der Waals surface area (Å²) in [5.74, 6) is 1.39. The molecule has 0 spiro atoms. The van der Waals surface area contributed by atoms with E-state index in [-0.39, 0.29) is 0 Å². The lowest BCUT2D eigenvalue weighted by Gasteiger charge is -2.26. The highest BCUT2D eigenvalue weighted by molar-refractivity contribution is 5.44. The molecule has 1 aromatic carbocycles. The molecule has 4 N–H and O–H groups in total. The van der Waals surface area contributed by atoms with Crippen molar-refractivity contribution in [2.45, 2.75) is 39.5 Å². The maximum Gasteiger partial charge on any atom is 0.0316 e. The van der Waals surface area contributed by atoms with E-state index >= 15 is 0 Å². The molecule has 1 aromatic rings. The molecule has 2 rings (SSSR count). The van der Waals surface area contributed by atoms with Crippen molar-refractivity contribution in [1.29, 1.82) is 0 Å². The Hall–Kier alpha value is -1.44. The van der Waals surface area contributed by atoms with E-state index in [0.29, 0.717) is 5.92 Å². The molecule has 0 fully saturated rings. The van der Waals surface area contributed by atoms with Crippen LogP contribution >= 0.6 is 0 Å². The summed E-state index contributed by atoms with van der Waals surface area (Å²) in [7, 11) is 0. The third-order valence-corrected chi connectivity index (χ3v) is 4.18. The minimum absolute atomic E-state index is 0.618. The molecule has 0 heterocycles. The Kier molecular flexibility index (Phi) is 3.95. The van der Waals surface area contributed by atoms with Crippen LogP contribution in [0.25, 0.3) is 0 Å². The zero-order chi connectivity index (χ0) is 13.1. The zero-order valence-electron chi connectivity index (χ0n) is 11.4. The maximum atomic E-state index is 5.88. The lowest BCUT2D eigenvalue weighted by Crippen LogP contribution is -2.18. The molecule has 1 aliphatic rings. The van der Waals surface area contributed by atoms with E-state index in [9.17, 15) is 0 Å². The number of aryl methyl sites for hydroxylation is 2. The Morgan fingerprint density at radius 2 is 2.06 bits per heavy atom. The lowest BCUT2D eigenvalue weighted by atomic mass is 9.80. The molecule has 98 valence electrons. The monoisotopic (exact) mass is 244 g/mol. The van der Waals surface area contributed by atoms with E-state index in [1.807, 2.05) is 6.07 Å². The highest BCUT2D eigenvalue weighted by atomic mass is 14.6. The van der Waals surface area contributed by atoms with Crippen LogP contribution in [0.4, 0.5) is 5.69 Å². The highest BCUT2D eigenvalue weighted by Gasteiger charge is 2.20. The average molecular weight is 244 g/mol. The van der Waals surface area contributed by atoms with Gasteiger partial charge < -0.3 is 11.5 Å². The predicted molar refractivity (Wildman–Crippen MR) is 78.1 cm³/mol. The summed E-state index contributed by atoms with van der Waals surface area (Å²) in [5.41, 5.74) is 16.3. The minimum Gasteiger partial charge on any atom is -0.402 e. The lowest BCUT2D eigenvalue weighted by molar-refractivity contribution is 0.346. The van der Waals surface area contributed by atoms with Crippen LogP contribution < -0.4 is 11.5 Å². The normalized spacial score (nSPS) is 23.8. The number of allylic oxidation sites excluding steroid dienone is 2. The van der Waals surface area contributed by atoms with Crippen LogP contribution in [-0.4, -0.2) is 0 Å². The number of nitrogen functional groups attached to an aromatic ring is 1. The average Bonchev–Trinajstić information content (AvgIpc) is 2.30. The van der Waals surface area contributed by atoms with E-state index in [0.717, 1.165) is 30.1 Å². The molecule has 2 heteroatoms. The summed E-state index contributed by atoms with van der Waals surface area (Å²) < 4.78 is 0. The summed E-state index contributed by atoms with van der Waals surface area (Å²) in [4.78, 5) is 0. The molecule has 2 atom stereocenters. The first-order valence-electron chi connectivity index (χ1n) is 6.87. The van der Waals surface area contributed by atoms with E-state index < -0.39 is 0 Å². The van der Waals surface area contributed by atoms with Gasteiger partial charge in [0.25, 0.3) is 0 Å². The molecule has 0 amide bonds. The summed E-state index contributed by atoms with van der Waals surface area (Å²) in [6.07, 6.45) is 6.93. The Balaban J connectivity index is 1.96. The molecule has 2 unspecified atom stereocenters. The second kappa shape index (κ2) is 5.47. The van der Waals surface area contributed by atoms with Gasteiger partial charge in [0.1, 0.15) is 0 Å². The fraction of sp³-hybridized carbons (Fsp3) is 0.500. The molecule has 2 nitrogen and oxygen atoms in total. The summed E-state index contributed by atoms with van der Waals surface area (Å²) >= 11 is 0. The van der Waals surface area contributed by atoms with Crippen LogP contribution in [0.2, 0.25) is 0 Å². The van der Waals surface area contributed by atoms with Gasteiger partial charge in [0.15, 0.2) is 0 Å². The molecule has 0 bridgehead atoms. The Morgan fingerprint density at radius 1 is 1.28 bits per heavy atom. The van der Waals surface area contributed by atoms with Gasteiger partial charge in [-0.3, -0.25) is 0 Å².